The van der Waals surface area contributed by atoms with E-state index in [0.29, 0.717) is 5.92 Å². The number of ether oxygens (including phenoxy) is 2. The van der Waals surface area contributed by atoms with Gasteiger partial charge in [-0.25, -0.2) is 0 Å². The number of hydrogen-bond donors (Lipinski definition) is 1. The molecule has 1 N–H and O–H groups in total. The Hall–Kier alpha value is -1.22. The summed E-state index contributed by atoms with van der Waals surface area (Å²) >= 11 is 0. The van der Waals surface area contributed by atoms with Gasteiger partial charge < -0.3 is 14.8 Å². The fourth-order valence-electron chi connectivity index (χ4n) is 1.47. The van der Waals surface area contributed by atoms with Gasteiger partial charge in [0.1, 0.15) is 5.75 Å². The van der Waals surface area contributed by atoms with Gasteiger partial charge in [0.05, 0.1) is 19.4 Å². The second-order valence-electron chi connectivity index (χ2n) is 4.42. The maximum Gasteiger partial charge on any atom is 0.141 e. The zero-order chi connectivity index (χ0) is 12.5. The van der Waals surface area contributed by atoms with E-state index >= 15 is 0 Å². The second kappa shape index (κ2) is 7.96. The van der Waals surface area contributed by atoms with Crippen LogP contribution in [-0.4, -0.2) is 26.9 Å². The van der Waals surface area contributed by atoms with Gasteiger partial charge in [0.2, 0.25) is 0 Å². The summed E-state index contributed by atoms with van der Waals surface area (Å²) in [4.78, 5) is 0. The summed E-state index contributed by atoms with van der Waals surface area (Å²) in [5, 5.41) is 3.30. The van der Waals surface area contributed by atoms with Crippen LogP contribution in [0.3, 0.4) is 0 Å². The van der Waals surface area contributed by atoms with Crippen molar-refractivity contribution >= 4 is 5.69 Å². The maximum atomic E-state index is 5.54. The first-order chi connectivity index (χ1) is 8.24. The summed E-state index contributed by atoms with van der Waals surface area (Å²) in [5.74, 6) is 1.58. The van der Waals surface area contributed by atoms with Crippen LogP contribution in [0.2, 0.25) is 0 Å². The Bertz CT molecular complexity index is 313. The number of benzene rings is 1. The van der Waals surface area contributed by atoms with Crippen LogP contribution in [0, 0.1) is 5.92 Å². The van der Waals surface area contributed by atoms with Crippen molar-refractivity contribution < 1.29 is 9.47 Å². The van der Waals surface area contributed by atoms with Crippen molar-refractivity contribution in [3.05, 3.63) is 24.3 Å². The molecule has 0 bridgehead atoms. The molecule has 1 aromatic rings. The highest BCUT2D eigenvalue weighted by Gasteiger charge is 1.99. The van der Waals surface area contributed by atoms with Gasteiger partial charge in [0.15, 0.2) is 0 Å². The molecule has 0 heterocycles. The highest BCUT2D eigenvalue weighted by molar-refractivity contribution is 5.55. The average Bonchev–Trinajstić information content (AvgIpc) is 2.33. The summed E-state index contributed by atoms with van der Waals surface area (Å²) in [6.07, 6.45) is 1.12. The quantitative estimate of drug-likeness (QED) is 0.704. The lowest BCUT2D eigenvalue weighted by molar-refractivity contribution is 0.132. The summed E-state index contributed by atoms with van der Waals surface area (Å²) < 4.78 is 10.8. The summed E-state index contributed by atoms with van der Waals surface area (Å²) in [6, 6.07) is 7.91. The molecule has 0 aliphatic rings. The van der Waals surface area contributed by atoms with Crippen LogP contribution in [0.4, 0.5) is 5.69 Å². The highest BCUT2D eigenvalue weighted by atomic mass is 16.5. The fourth-order valence-corrected chi connectivity index (χ4v) is 1.47. The predicted octanol–water partition coefficient (Wildman–Crippen LogP) is 3.17. The van der Waals surface area contributed by atoms with E-state index in [4.69, 9.17) is 9.47 Å². The first kappa shape index (κ1) is 13.8. The summed E-state index contributed by atoms with van der Waals surface area (Å²) in [5.41, 5.74) is 1.02. The maximum absolute atomic E-state index is 5.54. The Morgan fingerprint density at radius 1 is 1.18 bits per heavy atom. The zero-order valence-corrected chi connectivity index (χ0v) is 11.0. The number of hydrogen-bond acceptors (Lipinski definition) is 3. The third-order valence-corrected chi connectivity index (χ3v) is 2.51. The van der Waals surface area contributed by atoms with Gasteiger partial charge in [-0.15, -0.1) is 0 Å². The predicted molar refractivity (Wildman–Crippen MR) is 71.8 cm³/mol. The standard InChI is InChI=1S/C14H23NO2/c1-12(2)8-10-17-11-9-15-13-6-4-5-7-14(13)16-3/h4-7,12,15H,8-11H2,1-3H3. The summed E-state index contributed by atoms with van der Waals surface area (Å²) in [6.45, 7) is 6.78. The van der Waals surface area contributed by atoms with Gasteiger partial charge in [0, 0.05) is 13.2 Å². The largest absolute Gasteiger partial charge is 0.495 e. The molecule has 17 heavy (non-hydrogen) atoms. The lowest BCUT2D eigenvalue weighted by Crippen LogP contribution is -2.11. The minimum absolute atomic E-state index is 0.706. The number of nitrogens with one attached hydrogen (secondary N) is 1. The zero-order valence-electron chi connectivity index (χ0n) is 11.0. The van der Waals surface area contributed by atoms with Crippen LogP contribution in [0.5, 0.6) is 5.75 Å². The molecule has 1 aromatic carbocycles. The van der Waals surface area contributed by atoms with Crippen LogP contribution in [0.25, 0.3) is 0 Å². The van der Waals surface area contributed by atoms with Crippen molar-refractivity contribution in [2.24, 2.45) is 5.92 Å². The molecule has 0 radical (unpaired) electrons. The molecule has 1 rings (SSSR count). The van der Waals surface area contributed by atoms with Gasteiger partial charge in [-0.05, 0) is 24.5 Å². The van der Waals surface area contributed by atoms with Crippen LogP contribution >= 0.6 is 0 Å². The Kier molecular flexibility index (Phi) is 6.48. The third-order valence-electron chi connectivity index (χ3n) is 2.51. The van der Waals surface area contributed by atoms with Gasteiger partial charge in [0.25, 0.3) is 0 Å². The molecule has 3 heteroatoms. The van der Waals surface area contributed by atoms with E-state index in [1.165, 1.54) is 0 Å². The van der Waals surface area contributed by atoms with Crippen LogP contribution in [-0.2, 0) is 4.74 Å². The smallest absolute Gasteiger partial charge is 0.141 e. The molecule has 3 nitrogen and oxygen atoms in total. The lowest BCUT2D eigenvalue weighted by atomic mass is 10.1. The Morgan fingerprint density at radius 2 is 1.94 bits per heavy atom. The van der Waals surface area contributed by atoms with Gasteiger partial charge in [-0.3, -0.25) is 0 Å². The lowest BCUT2D eigenvalue weighted by Gasteiger charge is -2.11. The monoisotopic (exact) mass is 237 g/mol. The minimum Gasteiger partial charge on any atom is -0.495 e. The normalized spacial score (nSPS) is 10.6. The molecule has 0 aliphatic heterocycles. The number of para-hydroxylation sites is 2. The van der Waals surface area contributed by atoms with E-state index in [-0.39, 0.29) is 0 Å². The second-order valence-corrected chi connectivity index (χ2v) is 4.42. The number of anilines is 1. The first-order valence-electron chi connectivity index (χ1n) is 6.18. The van der Waals surface area contributed by atoms with Crippen LogP contribution in [0.15, 0.2) is 24.3 Å². The van der Waals surface area contributed by atoms with Crippen molar-refractivity contribution in [3.63, 3.8) is 0 Å². The van der Waals surface area contributed by atoms with E-state index < -0.39 is 0 Å². The molecular formula is C14H23NO2. The molecule has 0 amide bonds. The average molecular weight is 237 g/mol. The molecule has 0 spiro atoms. The van der Waals surface area contributed by atoms with Gasteiger partial charge in [-0.2, -0.15) is 0 Å². The Labute approximate surface area is 104 Å². The van der Waals surface area contributed by atoms with E-state index in [1.54, 1.807) is 7.11 Å². The van der Waals surface area contributed by atoms with E-state index in [0.717, 1.165) is 37.6 Å². The molecule has 0 saturated heterocycles. The molecule has 0 fully saturated rings. The van der Waals surface area contributed by atoms with Crippen molar-refractivity contribution in [1.29, 1.82) is 0 Å². The third kappa shape index (κ3) is 5.59. The minimum atomic E-state index is 0.706. The molecule has 0 aliphatic carbocycles. The highest BCUT2D eigenvalue weighted by Crippen LogP contribution is 2.22. The van der Waals surface area contributed by atoms with Gasteiger partial charge in [-0.1, -0.05) is 26.0 Å². The van der Waals surface area contributed by atoms with E-state index in [9.17, 15) is 0 Å². The molecule has 0 atom stereocenters. The molecule has 0 saturated carbocycles. The Balaban J connectivity index is 2.17. The van der Waals surface area contributed by atoms with Gasteiger partial charge >= 0.3 is 0 Å². The van der Waals surface area contributed by atoms with E-state index in [2.05, 4.69) is 19.2 Å². The van der Waals surface area contributed by atoms with Crippen molar-refractivity contribution in [2.75, 3.05) is 32.2 Å². The van der Waals surface area contributed by atoms with E-state index in [1.807, 2.05) is 24.3 Å². The van der Waals surface area contributed by atoms with Crippen molar-refractivity contribution in [3.8, 4) is 5.75 Å². The topological polar surface area (TPSA) is 30.5 Å². The SMILES string of the molecule is COc1ccccc1NCCOCCC(C)C. The molecule has 0 aromatic heterocycles. The molecule has 0 unspecified atom stereocenters. The number of rotatable bonds is 8. The Morgan fingerprint density at radius 3 is 2.65 bits per heavy atom. The molecular weight excluding hydrogens is 214 g/mol. The first-order valence-corrected chi connectivity index (χ1v) is 6.18. The fraction of sp³-hybridized carbons (Fsp3) is 0.571. The number of methoxy groups -OCH3 is 1. The van der Waals surface area contributed by atoms with Crippen molar-refractivity contribution in [2.45, 2.75) is 20.3 Å². The van der Waals surface area contributed by atoms with Crippen LogP contribution < -0.4 is 10.1 Å². The van der Waals surface area contributed by atoms with Crippen molar-refractivity contribution in [1.82, 2.24) is 0 Å². The van der Waals surface area contributed by atoms with Crippen LogP contribution in [0.1, 0.15) is 20.3 Å². The molecule has 96 valence electrons. The summed E-state index contributed by atoms with van der Waals surface area (Å²) in [7, 11) is 1.68.